The van der Waals surface area contributed by atoms with Crippen molar-refractivity contribution in [1.82, 2.24) is 20.6 Å². The van der Waals surface area contributed by atoms with E-state index in [0.717, 1.165) is 7.11 Å². The molecule has 1 atom stereocenters. The fourth-order valence-electron chi connectivity index (χ4n) is 1.75. The molecular weight excluding hydrogens is 306 g/mol. The molecule has 4 amide bonds. The van der Waals surface area contributed by atoms with Gasteiger partial charge in [-0.2, -0.15) is 0 Å². The van der Waals surface area contributed by atoms with Gasteiger partial charge in [0.1, 0.15) is 6.04 Å². The fraction of sp³-hybridized carbons (Fsp3) is 0.462. The number of alkyl carbamates (subject to hydrolysis) is 1. The maximum atomic E-state index is 12.0. The Morgan fingerprint density at radius 2 is 2.09 bits per heavy atom. The second-order valence-corrected chi connectivity index (χ2v) is 4.70. The molecule has 10 heteroatoms. The zero-order chi connectivity index (χ0) is 17.2. The molecule has 1 aromatic heterocycles. The van der Waals surface area contributed by atoms with E-state index in [1.807, 2.05) is 5.32 Å². The molecule has 0 aromatic carbocycles. The summed E-state index contributed by atoms with van der Waals surface area (Å²) in [7, 11) is 1.12. The van der Waals surface area contributed by atoms with E-state index in [9.17, 15) is 19.2 Å². The zero-order valence-electron chi connectivity index (χ0n) is 12.6. The Hall–Kier alpha value is -2.91. The van der Waals surface area contributed by atoms with Crippen LogP contribution in [0.15, 0.2) is 12.5 Å². The minimum atomic E-state index is -0.990. The number of aromatic nitrogens is 2. The molecule has 23 heavy (non-hydrogen) atoms. The fourth-order valence-corrected chi connectivity index (χ4v) is 1.75. The number of carbonyl (C=O) groups excluding carboxylic acids is 4. The first-order chi connectivity index (χ1) is 10.9. The summed E-state index contributed by atoms with van der Waals surface area (Å²) in [6.45, 7) is 0. The zero-order valence-corrected chi connectivity index (χ0v) is 12.6. The van der Waals surface area contributed by atoms with E-state index in [2.05, 4.69) is 20.0 Å². The van der Waals surface area contributed by atoms with Gasteiger partial charge in [-0.05, 0) is 6.42 Å². The maximum Gasteiger partial charge on any atom is 0.413 e. The lowest BCUT2D eigenvalue weighted by Gasteiger charge is -2.17. The van der Waals surface area contributed by atoms with Gasteiger partial charge in [0.15, 0.2) is 0 Å². The van der Waals surface area contributed by atoms with Crippen LogP contribution in [0, 0.1) is 0 Å². The quantitative estimate of drug-likeness (QED) is 0.479. The smallest absolute Gasteiger partial charge is 0.413 e. The highest BCUT2D eigenvalue weighted by atomic mass is 16.5. The first kappa shape index (κ1) is 18.1. The number of carbonyl (C=O) groups is 4. The number of ether oxygens (including phenoxy) is 1. The van der Waals surface area contributed by atoms with Crippen LogP contribution in [0.2, 0.25) is 0 Å². The second-order valence-electron chi connectivity index (χ2n) is 4.70. The van der Waals surface area contributed by atoms with Crippen molar-refractivity contribution in [2.24, 2.45) is 5.73 Å². The van der Waals surface area contributed by atoms with E-state index in [1.165, 1.54) is 12.5 Å². The first-order valence-corrected chi connectivity index (χ1v) is 6.86. The number of amides is 4. The number of H-pyrrole nitrogens is 1. The standard InChI is InChI=1S/C13H19N5O5/c1-23-13(22)18-12(21)9(5-8-6-15-7-16-8)17-11(20)4-2-3-10(14)19/h6-7,9H,2-5H2,1H3,(H2,14,19)(H,15,16)(H,17,20)(H,18,21,22). The molecule has 0 spiro atoms. The first-order valence-electron chi connectivity index (χ1n) is 6.86. The average molecular weight is 325 g/mol. The van der Waals surface area contributed by atoms with Gasteiger partial charge in [0.2, 0.25) is 11.8 Å². The van der Waals surface area contributed by atoms with Gasteiger partial charge in [0.25, 0.3) is 5.91 Å². The van der Waals surface area contributed by atoms with Crippen molar-refractivity contribution < 1.29 is 23.9 Å². The molecule has 1 heterocycles. The van der Waals surface area contributed by atoms with Crippen LogP contribution in [0.4, 0.5) is 4.79 Å². The molecule has 0 bridgehead atoms. The number of aromatic amines is 1. The number of imide groups is 1. The number of imidazole rings is 1. The largest absolute Gasteiger partial charge is 0.453 e. The summed E-state index contributed by atoms with van der Waals surface area (Å²) in [6.07, 6.45) is 2.51. The van der Waals surface area contributed by atoms with Crippen LogP contribution in [0.25, 0.3) is 0 Å². The monoisotopic (exact) mass is 325 g/mol. The summed E-state index contributed by atoms with van der Waals surface area (Å²) in [5.74, 6) is -1.65. The number of nitrogens with zero attached hydrogens (tertiary/aromatic N) is 1. The van der Waals surface area contributed by atoms with Gasteiger partial charge in [-0.25, -0.2) is 9.78 Å². The number of nitrogens with two attached hydrogens (primary N) is 1. The third-order valence-corrected chi connectivity index (χ3v) is 2.87. The van der Waals surface area contributed by atoms with Crippen LogP contribution in [0.1, 0.15) is 25.0 Å². The molecule has 1 unspecified atom stereocenters. The van der Waals surface area contributed by atoms with Crippen LogP contribution in [0.3, 0.4) is 0 Å². The summed E-state index contributed by atoms with van der Waals surface area (Å²) in [5, 5.41) is 4.50. The summed E-state index contributed by atoms with van der Waals surface area (Å²) >= 11 is 0. The van der Waals surface area contributed by atoms with Crippen molar-refractivity contribution in [3.8, 4) is 0 Å². The topological polar surface area (TPSA) is 156 Å². The molecule has 5 N–H and O–H groups in total. The molecule has 0 aliphatic rings. The predicted octanol–water partition coefficient (Wildman–Crippen LogP) is -1.02. The molecule has 0 aliphatic heterocycles. The third kappa shape index (κ3) is 7.07. The Morgan fingerprint density at radius 3 is 2.65 bits per heavy atom. The summed E-state index contributed by atoms with van der Waals surface area (Å²) in [5.41, 5.74) is 5.60. The number of methoxy groups -OCH3 is 1. The average Bonchev–Trinajstić information content (AvgIpc) is 2.98. The highest BCUT2D eigenvalue weighted by molar-refractivity contribution is 5.96. The van der Waals surface area contributed by atoms with Gasteiger partial charge in [0.05, 0.1) is 13.4 Å². The maximum absolute atomic E-state index is 12.0. The van der Waals surface area contributed by atoms with E-state index in [1.54, 1.807) is 0 Å². The Morgan fingerprint density at radius 1 is 1.35 bits per heavy atom. The molecule has 1 rings (SSSR count). The summed E-state index contributed by atoms with van der Waals surface area (Å²) in [6, 6.07) is -0.990. The van der Waals surface area contributed by atoms with Crippen molar-refractivity contribution in [3.63, 3.8) is 0 Å². The van der Waals surface area contributed by atoms with Crippen LogP contribution >= 0.6 is 0 Å². The Kier molecular flexibility index (Phi) is 7.24. The van der Waals surface area contributed by atoms with Gasteiger partial charge < -0.3 is 20.8 Å². The predicted molar refractivity (Wildman–Crippen MR) is 77.8 cm³/mol. The van der Waals surface area contributed by atoms with E-state index in [4.69, 9.17) is 5.73 Å². The number of hydrogen-bond acceptors (Lipinski definition) is 6. The number of primary amides is 1. The Balaban J connectivity index is 2.62. The summed E-state index contributed by atoms with van der Waals surface area (Å²) < 4.78 is 4.35. The van der Waals surface area contributed by atoms with E-state index in [0.29, 0.717) is 5.69 Å². The lowest BCUT2D eigenvalue weighted by molar-refractivity contribution is -0.128. The normalized spacial score (nSPS) is 11.3. The number of rotatable bonds is 8. The van der Waals surface area contributed by atoms with Crippen LogP contribution in [-0.2, 0) is 25.5 Å². The van der Waals surface area contributed by atoms with E-state index >= 15 is 0 Å². The van der Waals surface area contributed by atoms with E-state index < -0.39 is 29.9 Å². The van der Waals surface area contributed by atoms with Crippen molar-refractivity contribution in [1.29, 1.82) is 0 Å². The Bertz CT molecular complexity index is 557. The molecule has 1 aromatic rings. The van der Waals surface area contributed by atoms with Crippen LogP contribution in [0.5, 0.6) is 0 Å². The number of nitrogens with one attached hydrogen (secondary N) is 3. The van der Waals surface area contributed by atoms with Crippen molar-refractivity contribution >= 4 is 23.8 Å². The van der Waals surface area contributed by atoms with Crippen molar-refractivity contribution in [2.75, 3.05) is 7.11 Å². The van der Waals surface area contributed by atoms with Gasteiger partial charge in [0, 0.05) is 31.2 Å². The highest BCUT2D eigenvalue weighted by Gasteiger charge is 2.23. The third-order valence-electron chi connectivity index (χ3n) is 2.87. The molecule has 126 valence electrons. The van der Waals surface area contributed by atoms with Gasteiger partial charge >= 0.3 is 6.09 Å². The molecule has 0 radical (unpaired) electrons. The molecule has 10 nitrogen and oxygen atoms in total. The van der Waals surface area contributed by atoms with Gasteiger partial charge in [-0.15, -0.1) is 0 Å². The van der Waals surface area contributed by atoms with Crippen molar-refractivity contribution in [3.05, 3.63) is 18.2 Å². The lowest BCUT2D eigenvalue weighted by Crippen LogP contribution is -2.49. The second kappa shape index (κ2) is 9.18. The van der Waals surface area contributed by atoms with Crippen molar-refractivity contribution in [2.45, 2.75) is 31.7 Å². The molecular formula is C13H19N5O5. The lowest BCUT2D eigenvalue weighted by atomic mass is 10.1. The number of hydrogen-bond donors (Lipinski definition) is 4. The molecule has 0 fully saturated rings. The molecule has 0 saturated carbocycles. The summed E-state index contributed by atoms with van der Waals surface area (Å²) in [4.78, 5) is 52.2. The minimum absolute atomic E-state index is 0.0356. The SMILES string of the molecule is COC(=O)NC(=O)C(Cc1cnc[nH]1)NC(=O)CCCC(N)=O. The molecule has 0 saturated heterocycles. The highest BCUT2D eigenvalue weighted by Crippen LogP contribution is 2.01. The molecule has 0 aliphatic carbocycles. The van der Waals surface area contributed by atoms with Gasteiger partial charge in [-0.1, -0.05) is 0 Å². The Labute approximate surface area is 132 Å². The van der Waals surface area contributed by atoms with E-state index in [-0.39, 0.29) is 25.7 Å². The van der Waals surface area contributed by atoms with Crippen LogP contribution in [-0.4, -0.2) is 46.9 Å². The van der Waals surface area contributed by atoms with Crippen LogP contribution < -0.4 is 16.4 Å². The van der Waals surface area contributed by atoms with Gasteiger partial charge in [-0.3, -0.25) is 19.7 Å². The minimum Gasteiger partial charge on any atom is -0.453 e.